The van der Waals surface area contributed by atoms with Gasteiger partial charge in [-0.25, -0.2) is 4.98 Å². The zero-order valence-corrected chi connectivity index (χ0v) is 15.0. The van der Waals surface area contributed by atoms with Crippen molar-refractivity contribution in [2.24, 2.45) is 5.92 Å². The molecule has 0 spiro atoms. The van der Waals surface area contributed by atoms with Crippen LogP contribution in [0, 0.1) is 5.92 Å². The summed E-state index contributed by atoms with van der Waals surface area (Å²) in [5, 5.41) is 0. The maximum atomic E-state index is 12.8. The summed E-state index contributed by atoms with van der Waals surface area (Å²) in [5.74, 6) is 1.11. The molecular weight excluding hydrogens is 316 g/mol. The van der Waals surface area contributed by atoms with Gasteiger partial charge in [0.15, 0.2) is 0 Å². The van der Waals surface area contributed by atoms with Crippen LogP contribution in [0.5, 0.6) is 0 Å². The molecule has 6 heteroatoms. The lowest BCUT2D eigenvalue weighted by molar-refractivity contribution is -0.133. The van der Waals surface area contributed by atoms with Gasteiger partial charge in [-0.1, -0.05) is 12.8 Å². The van der Waals surface area contributed by atoms with Crippen molar-refractivity contribution in [3.05, 3.63) is 17.7 Å². The van der Waals surface area contributed by atoms with Crippen molar-refractivity contribution in [2.75, 3.05) is 13.1 Å². The van der Waals surface area contributed by atoms with Crippen molar-refractivity contribution in [1.82, 2.24) is 19.4 Å². The maximum absolute atomic E-state index is 12.8. The minimum Gasteiger partial charge on any atom is -0.337 e. The molecule has 1 saturated heterocycles. The van der Waals surface area contributed by atoms with Gasteiger partial charge in [-0.15, -0.1) is 0 Å². The van der Waals surface area contributed by atoms with Gasteiger partial charge in [0.05, 0.1) is 30.8 Å². The zero-order chi connectivity index (χ0) is 17.2. The normalized spacial score (nSPS) is 21.7. The number of aromatic nitrogens is 2. The SMILES string of the molecule is O=C1CCCN1Cc1ncn2c1CN(C(=O)CC1CCCC1)CCC2. The largest absolute Gasteiger partial charge is 0.337 e. The summed E-state index contributed by atoms with van der Waals surface area (Å²) in [4.78, 5) is 33.2. The molecule has 0 N–H and O–H groups in total. The molecule has 1 aliphatic carbocycles. The number of fused-ring (bicyclic) bond motifs is 1. The summed E-state index contributed by atoms with van der Waals surface area (Å²) in [6.45, 7) is 3.79. The number of aryl methyl sites for hydroxylation is 1. The van der Waals surface area contributed by atoms with Gasteiger partial charge in [-0.3, -0.25) is 9.59 Å². The van der Waals surface area contributed by atoms with Gasteiger partial charge in [0.2, 0.25) is 11.8 Å². The fourth-order valence-corrected chi connectivity index (χ4v) is 4.50. The van der Waals surface area contributed by atoms with Crippen molar-refractivity contribution in [3.8, 4) is 0 Å². The molecule has 6 nitrogen and oxygen atoms in total. The molecule has 2 amide bonds. The molecule has 25 heavy (non-hydrogen) atoms. The van der Waals surface area contributed by atoms with Crippen LogP contribution in [-0.2, 0) is 29.2 Å². The lowest BCUT2D eigenvalue weighted by Crippen LogP contribution is -2.32. The summed E-state index contributed by atoms with van der Waals surface area (Å²) in [5.41, 5.74) is 2.09. The van der Waals surface area contributed by atoms with Gasteiger partial charge in [0, 0.05) is 32.5 Å². The highest BCUT2D eigenvalue weighted by Crippen LogP contribution is 2.29. The van der Waals surface area contributed by atoms with Gasteiger partial charge < -0.3 is 14.4 Å². The fourth-order valence-electron chi connectivity index (χ4n) is 4.50. The monoisotopic (exact) mass is 344 g/mol. The van der Waals surface area contributed by atoms with E-state index in [1.165, 1.54) is 25.7 Å². The number of amides is 2. The molecule has 2 fully saturated rings. The van der Waals surface area contributed by atoms with Crippen molar-refractivity contribution in [1.29, 1.82) is 0 Å². The second-order valence-electron chi connectivity index (χ2n) is 7.77. The molecule has 3 heterocycles. The van der Waals surface area contributed by atoms with Gasteiger partial charge in [0.25, 0.3) is 0 Å². The quantitative estimate of drug-likeness (QED) is 0.842. The highest BCUT2D eigenvalue weighted by Gasteiger charge is 2.27. The molecule has 1 aromatic heterocycles. The number of carbonyl (C=O) groups is 2. The fraction of sp³-hybridized carbons (Fsp3) is 0.737. The van der Waals surface area contributed by atoms with Gasteiger partial charge in [-0.2, -0.15) is 0 Å². The highest BCUT2D eigenvalue weighted by molar-refractivity contribution is 5.78. The summed E-state index contributed by atoms with van der Waals surface area (Å²) in [6.07, 6.45) is 10.1. The van der Waals surface area contributed by atoms with Crippen LogP contribution in [0.2, 0.25) is 0 Å². The minimum atomic E-state index is 0.226. The van der Waals surface area contributed by atoms with Crippen LogP contribution >= 0.6 is 0 Å². The van der Waals surface area contributed by atoms with E-state index in [9.17, 15) is 9.59 Å². The maximum Gasteiger partial charge on any atom is 0.223 e. The number of imidazole rings is 1. The van der Waals surface area contributed by atoms with Crippen LogP contribution in [0.4, 0.5) is 0 Å². The number of likely N-dealkylation sites (tertiary alicyclic amines) is 1. The average Bonchev–Trinajstić information content (AvgIpc) is 3.29. The molecule has 2 aliphatic heterocycles. The first-order valence-electron chi connectivity index (χ1n) is 9.79. The van der Waals surface area contributed by atoms with Crippen molar-refractivity contribution in [3.63, 3.8) is 0 Å². The number of carbonyl (C=O) groups excluding carboxylic acids is 2. The Hall–Kier alpha value is -1.85. The lowest BCUT2D eigenvalue weighted by atomic mass is 10.0. The molecule has 1 saturated carbocycles. The van der Waals surface area contributed by atoms with E-state index in [0.717, 1.165) is 43.9 Å². The Labute approximate surface area is 149 Å². The summed E-state index contributed by atoms with van der Waals surface area (Å²) < 4.78 is 2.18. The minimum absolute atomic E-state index is 0.226. The zero-order valence-electron chi connectivity index (χ0n) is 15.0. The van der Waals surface area contributed by atoms with Crippen LogP contribution in [0.25, 0.3) is 0 Å². The van der Waals surface area contributed by atoms with Crippen LogP contribution < -0.4 is 0 Å². The summed E-state index contributed by atoms with van der Waals surface area (Å²) >= 11 is 0. The first-order valence-corrected chi connectivity index (χ1v) is 9.79. The van der Waals surface area contributed by atoms with Crippen LogP contribution in [0.15, 0.2) is 6.33 Å². The average molecular weight is 344 g/mol. The van der Waals surface area contributed by atoms with E-state index in [2.05, 4.69) is 9.55 Å². The first kappa shape index (κ1) is 16.6. The topological polar surface area (TPSA) is 58.4 Å². The smallest absolute Gasteiger partial charge is 0.223 e. The summed E-state index contributed by atoms with van der Waals surface area (Å²) in [6, 6.07) is 0. The lowest BCUT2D eigenvalue weighted by Gasteiger charge is -2.23. The van der Waals surface area contributed by atoms with Crippen molar-refractivity contribution in [2.45, 2.75) is 71.0 Å². The van der Waals surface area contributed by atoms with E-state index in [1.54, 1.807) is 0 Å². The molecule has 1 aromatic rings. The Morgan fingerprint density at radius 2 is 1.96 bits per heavy atom. The number of nitrogens with zero attached hydrogens (tertiary/aromatic N) is 4. The number of rotatable bonds is 4. The Morgan fingerprint density at radius 1 is 1.12 bits per heavy atom. The summed E-state index contributed by atoms with van der Waals surface area (Å²) in [7, 11) is 0. The molecular formula is C19H28N4O2. The Kier molecular flexibility index (Phi) is 4.77. The Balaban J connectivity index is 1.46. The van der Waals surface area contributed by atoms with Crippen molar-refractivity contribution < 1.29 is 9.59 Å². The number of hydrogen-bond acceptors (Lipinski definition) is 3. The molecule has 136 valence electrons. The Bertz CT molecular complexity index is 648. The molecule has 3 aliphatic rings. The van der Waals surface area contributed by atoms with Crippen LogP contribution in [0.1, 0.15) is 62.8 Å². The van der Waals surface area contributed by atoms with E-state index >= 15 is 0 Å². The number of hydrogen-bond donors (Lipinski definition) is 0. The van der Waals surface area contributed by atoms with Crippen LogP contribution in [0.3, 0.4) is 0 Å². The van der Waals surface area contributed by atoms with Gasteiger partial charge >= 0.3 is 0 Å². The molecule has 0 aromatic carbocycles. The van der Waals surface area contributed by atoms with E-state index < -0.39 is 0 Å². The van der Waals surface area contributed by atoms with E-state index in [0.29, 0.717) is 37.8 Å². The predicted octanol–water partition coefficient (Wildman–Crippen LogP) is 2.32. The highest BCUT2D eigenvalue weighted by atomic mass is 16.2. The van der Waals surface area contributed by atoms with Gasteiger partial charge in [-0.05, 0) is 31.6 Å². The van der Waals surface area contributed by atoms with E-state index in [1.807, 2.05) is 16.1 Å². The molecule has 0 atom stereocenters. The Morgan fingerprint density at radius 3 is 2.72 bits per heavy atom. The van der Waals surface area contributed by atoms with Crippen molar-refractivity contribution >= 4 is 11.8 Å². The molecule has 0 unspecified atom stereocenters. The standard InChI is InChI=1S/C19H28N4O2/c24-18-7-3-8-21(18)12-16-17-13-22(9-4-10-23(17)14-20-16)19(25)11-15-5-1-2-6-15/h14-15H,1-13H2. The third-order valence-corrected chi connectivity index (χ3v) is 6.00. The second kappa shape index (κ2) is 7.18. The predicted molar refractivity (Wildman–Crippen MR) is 93.5 cm³/mol. The molecule has 0 radical (unpaired) electrons. The molecule has 4 rings (SSSR count). The second-order valence-corrected chi connectivity index (χ2v) is 7.77. The van der Waals surface area contributed by atoms with Crippen LogP contribution in [-0.4, -0.2) is 44.3 Å². The third kappa shape index (κ3) is 3.58. The third-order valence-electron chi connectivity index (χ3n) is 6.00. The molecule has 0 bridgehead atoms. The van der Waals surface area contributed by atoms with E-state index in [4.69, 9.17) is 0 Å². The van der Waals surface area contributed by atoms with E-state index in [-0.39, 0.29) is 5.91 Å². The first-order chi connectivity index (χ1) is 12.2. The van der Waals surface area contributed by atoms with Gasteiger partial charge in [0.1, 0.15) is 0 Å².